The summed E-state index contributed by atoms with van der Waals surface area (Å²) in [7, 11) is 0. The van der Waals surface area contributed by atoms with Crippen LogP contribution in [0.4, 0.5) is 0 Å². The van der Waals surface area contributed by atoms with Gasteiger partial charge < -0.3 is 5.84 Å². The Bertz CT molecular complexity index is 592. The molecule has 0 aromatic carbocycles. The molecule has 1 unspecified atom stereocenters. The molecular formula is C7H8N10. The van der Waals surface area contributed by atoms with Crippen molar-refractivity contribution in [2.75, 3.05) is 5.84 Å². The molecule has 2 aromatic heterocycles. The van der Waals surface area contributed by atoms with E-state index in [0.29, 0.717) is 17.1 Å². The smallest absolute Gasteiger partial charge is 0.163 e. The van der Waals surface area contributed by atoms with Crippen LogP contribution < -0.4 is 5.84 Å². The lowest BCUT2D eigenvalue weighted by atomic mass is 9.98. The van der Waals surface area contributed by atoms with E-state index in [-0.39, 0.29) is 0 Å². The van der Waals surface area contributed by atoms with Crippen molar-refractivity contribution in [3.05, 3.63) is 11.9 Å². The van der Waals surface area contributed by atoms with Crippen LogP contribution >= 0.6 is 0 Å². The third-order valence-electron chi connectivity index (χ3n) is 2.39. The van der Waals surface area contributed by atoms with Gasteiger partial charge in [0, 0.05) is 0 Å². The largest absolute Gasteiger partial charge is 0.322 e. The molecule has 3 rings (SSSR count). The van der Waals surface area contributed by atoms with Crippen molar-refractivity contribution in [1.29, 1.82) is 0 Å². The fourth-order valence-corrected chi connectivity index (χ4v) is 1.54. The number of rotatable bonds is 2. The van der Waals surface area contributed by atoms with E-state index in [9.17, 15) is 0 Å². The molecule has 1 aliphatic heterocycles. The number of H-pyrrole nitrogens is 1. The van der Waals surface area contributed by atoms with Crippen LogP contribution in [0.5, 0.6) is 0 Å². The Balaban J connectivity index is 2.11. The molecule has 1 atom stereocenters. The second kappa shape index (κ2) is 3.17. The van der Waals surface area contributed by atoms with Gasteiger partial charge in [0.1, 0.15) is 17.1 Å². The summed E-state index contributed by atoms with van der Waals surface area (Å²) in [5, 5.41) is 29.4. The zero-order valence-corrected chi connectivity index (χ0v) is 8.81. The van der Waals surface area contributed by atoms with Crippen LogP contribution in [-0.2, 0) is 5.54 Å². The summed E-state index contributed by atoms with van der Waals surface area (Å²) in [6.45, 7) is 1.82. The van der Waals surface area contributed by atoms with E-state index in [1.165, 1.54) is 6.20 Å². The zero-order chi connectivity index (χ0) is 11.9. The number of aromatic nitrogens is 6. The summed E-state index contributed by atoms with van der Waals surface area (Å²) in [4.78, 5) is 1.10. The molecule has 0 fully saturated rings. The first kappa shape index (κ1) is 9.57. The monoisotopic (exact) mass is 232 g/mol. The van der Waals surface area contributed by atoms with Crippen LogP contribution in [0.15, 0.2) is 21.6 Å². The quantitative estimate of drug-likeness (QED) is 0.669. The van der Waals surface area contributed by atoms with Crippen molar-refractivity contribution < 1.29 is 0 Å². The lowest BCUT2D eigenvalue weighted by Crippen LogP contribution is -2.20. The van der Waals surface area contributed by atoms with Gasteiger partial charge in [0.2, 0.25) is 0 Å². The first-order chi connectivity index (χ1) is 8.19. The maximum atomic E-state index is 5.44. The van der Waals surface area contributed by atoms with Gasteiger partial charge >= 0.3 is 0 Å². The molecule has 2 aromatic rings. The minimum atomic E-state index is -0.735. The van der Waals surface area contributed by atoms with Crippen molar-refractivity contribution >= 4 is 6.21 Å². The Kier molecular flexibility index (Phi) is 1.78. The van der Waals surface area contributed by atoms with Crippen LogP contribution in [0.3, 0.4) is 0 Å². The first-order valence-electron chi connectivity index (χ1n) is 4.74. The Morgan fingerprint density at radius 2 is 2.29 bits per heavy atom. The molecule has 0 bridgehead atoms. The molecule has 3 N–H and O–H groups in total. The van der Waals surface area contributed by atoms with Gasteiger partial charge in [0.05, 0.1) is 12.4 Å². The van der Waals surface area contributed by atoms with E-state index in [4.69, 9.17) is 5.84 Å². The van der Waals surface area contributed by atoms with Gasteiger partial charge in [-0.1, -0.05) is 0 Å². The Morgan fingerprint density at radius 1 is 1.41 bits per heavy atom. The maximum absolute atomic E-state index is 5.44. The second-order valence-corrected chi connectivity index (χ2v) is 3.69. The summed E-state index contributed by atoms with van der Waals surface area (Å²) in [6.07, 6.45) is 3.12. The van der Waals surface area contributed by atoms with Crippen LogP contribution in [0.2, 0.25) is 0 Å². The number of nitrogens with one attached hydrogen (secondary N) is 1. The van der Waals surface area contributed by atoms with E-state index in [1.807, 2.05) is 6.92 Å². The van der Waals surface area contributed by atoms with Crippen LogP contribution in [0, 0.1) is 0 Å². The summed E-state index contributed by atoms with van der Waals surface area (Å²) in [5.74, 6) is 5.44. The fourth-order valence-electron chi connectivity index (χ4n) is 1.54. The molecule has 1 aliphatic rings. The average molecular weight is 232 g/mol. The van der Waals surface area contributed by atoms with Gasteiger partial charge in [-0.3, -0.25) is 0 Å². The van der Waals surface area contributed by atoms with Crippen molar-refractivity contribution in [3.63, 3.8) is 0 Å². The second-order valence-electron chi connectivity index (χ2n) is 3.69. The first-order valence-corrected chi connectivity index (χ1v) is 4.74. The molecular weight excluding hydrogens is 224 g/mol. The summed E-state index contributed by atoms with van der Waals surface area (Å²) < 4.78 is 0. The standard InChI is InChI=1S/C7H8N10/c1-7(3-9-14-13-7)6-5(11-15-12-6)4-2-17(8)16-10-4/h2-3H,8H2,1H3,(H,11,12,15). The lowest BCUT2D eigenvalue weighted by Gasteiger charge is -2.11. The van der Waals surface area contributed by atoms with Crippen LogP contribution in [-0.4, -0.2) is 36.7 Å². The SMILES string of the molecule is CC1(c2n[nH]nc2-c2cn(N)nn2)C=NN=N1. The minimum absolute atomic E-state index is 0.507. The maximum Gasteiger partial charge on any atom is 0.163 e. The van der Waals surface area contributed by atoms with Gasteiger partial charge in [0.25, 0.3) is 0 Å². The Hall–Kier alpha value is -2.65. The van der Waals surface area contributed by atoms with E-state index >= 15 is 0 Å². The van der Waals surface area contributed by atoms with E-state index in [1.54, 1.807) is 6.21 Å². The van der Waals surface area contributed by atoms with Gasteiger partial charge in [-0.15, -0.1) is 15.3 Å². The van der Waals surface area contributed by atoms with Crippen molar-refractivity contribution in [1.82, 2.24) is 30.5 Å². The molecule has 10 nitrogen and oxygen atoms in total. The fraction of sp³-hybridized carbons (Fsp3) is 0.286. The lowest BCUT2D eigenvalue weighted by molar-refractivity contribution is 0.644. The molecule has 0 aliphatic carbocycles. The topological polar surface area (TPSA) is 135 Å². The van der Waals surface area contributed by atoms with E-state index < -0.39 is 5.54 Å². The third kappa shape index (κ3) is 1.38. The number of hydrogen-bond donors (Lipinski definition) is 2. The molecule has 0 radical (unpaired) electrons. The molecule has 3 heterocycles. The van der Waals surface area contributed by atoms with Gasteiger partial charge in [0.15, 0.2) is 5.54 Å². The van der Waals surface area contributed by atoms with E-state index in [0.717, 1.165) is 4.79 Å². The highest BCUT2D eigenvalue weighted by molar-refractivity contribution is 5.76. The summed E-state index contributed by atoms with van der Waals surface area (Å²) >= 11 is 0. The molecule has 86 valence electrons. The highest BCUT2D eigenvalue weighted by Crippen LogP contribution is 2.31. The Morgan fingerprint density at radius 3 is 2.94 bits per heavy atom. The summed E-state index contributed by atoms with van der Waals surface area (Å²) in [5.41, 5.74) is 0.869. The molecule has 10 heteroatoms. The van der Waals surface area contributed by atoms with Crippen LogP contribution in [0.25, 0.3) is 11.4 Å². The van der Waals surface area contributed by atoms with Gasteiger partial charge in [-0.2, -0.15) is 20.2 Å². The molecule has 0 amide bonds. The zero-order valence-electron chi connectivity index (χ0n) is 8.81. The molecule has 0 spiro atoms. The highest BCUT2D eigenvalue weighted by atomic mass is 15.6. The number of hydrogen-bond acceptors (Lipinski definition) is 8. The predicted octanol–water partition coefficient (Wildman–Crippen LogP) is -0.556. The number of aromatic amines is 1. The van der Waals surface area contributed by atoms with Gasteiger partial charge in [-0.05, 0) is 17.4 Å². The normalized spacial score (nSPS) is 22.4. The highest BCUT2D eigenvalue weighted by Gasteiger charge is 2.34. The van der Waals surface area contributed by atoms with Crippen molar-refractivity contribution in [3.8, 4) is 11.4 Å². The van der Waals surface area contributed by atoms with Crippen molar-refractivity contribution in [2.24, 2.45) is 15.4 Å². The summed E-state index contributed by atoms with van der Waals surface area (Å²) in [6, 6.07) is 0. The van der Waals surface area contributed by atoms with Crippen LogP contribution in [0.1, 0.15) is 12.6 Å². The predicted molar refractivity (Wildman–Crippen MR) is 56.2 cm³/mol. The number of nitrogens with two attached hydrogens (primary N) is 1. The van der Waals surface area contributed by atoms with Crippen molar-refractivity contribution in [2.45, 2.75) is 12.5 Å². The van der Waals surface area contributed by atoms with E-state index in [2.05, 4.69) is 41.2 Å². The van der Waals surface area contributed by atoms with Gasteiger partial charge in [-0.25, -0.2) is 0 Å². The Labute approximate surface area is 94.6 Å². The number of nitrogens with zero attached hydrogens (tertiary/aromatic N) is 8. The third-order valence-corrected chi connectivity index (χ3v) is 2.39. The minimum Gasteiger partial charge on any atom is -0.322 e. The molecule has 17 heavy (non-hydrogen) atoms. The molecule has 0 saturated carbocycles. The average Bonchev–Trinajstić information content (AvgIpc) is 2.96. The number of nitrogen functional groups attached to an aromatic ring is 1. The molecule has 0 saturated heterocycles.